The Kier molecular flexibility index (Phi) is 4.19. The molecule has 0 atom stereocenters. The number of rotatable bonds is 2. The second kappa shape index (κ2) is 6.09. The van der Waals surface area contributed by atoms with Gasteiger partial charge in [0.05, 0.1) is 18.8 Å². The Hall–Kier alpha value is -1.50. The van der Waals surface area contributed by atoms with E-state index in [1.165, 1.54) is 12.1 Å². The maximum Gasteiger partial charge on any atom is 0.230 e. The van der Waals surface area contributed by atoms with Crippen LogP contribution in [-0.4, -0.2) is 41.3 Å². The predicted octanol–water partition coefficient (Wildman–Crippen LogP) is 2.82. The van der Waals surface area contributed by atoms with Gasteiger partial charge in [-0.3, -0.25) is 0 Å². The summed E-state index contributed by atoms with van der Waals surface area (Å²) >= 11 is 11.7. The molecule has 110 valence electrons. The van der Waals surface area contributed by atoms with Gasteiger partial charge in [0.2, 0.25) is 11.2 Å². The summed E-state index contributed by atoms with van der Waals surface area (Å²) in [5.41, 5.74) is 0.234. The summed E-state index contributed by atoms with van der Waals surface area (Å²) in [7, 11) is 0. The molecule has 0 spiro atoms. The molecular weight excluding hydrogens is 318 g/mol. The number of anilines is 1. The fraction of sp³-hybridized carbons (Fsp3) is 0.308. The van der Waals surface area contributed by atoms with Crippen LogP contribution in [0.3, 0.4) is 0 Å². The van der Waals surface area contributed by atoms with E-state index in [-0.39, 0.29) is 16.7 Å². The van der Waals surface area contributed by atoms with E-state index in [1.54, 1.807) is 6.07 Å². The molecule has 21 heavy (non-hydrogen) atoms. The van der Waals surface area contributed by atoms with Crippen molar-refractivity contribution in [3.63, 3.8) is 0 Å². The van der Waals surface area contributed by atoms with E-state index in [0.717, 1.165) is 0 Å². The number of hydrogen-bond donors (Lipinski definition) is 0. The predicted molar refractivity (Wildman–Crippen MR) is 78.3 cm³/mol. The lowest BCUT2D eigenvalue weighted by Crippen LogP contribution is -2.37. The van der Waals surface area contributed by atoms with Crippen LogP contribution in [-0.2, 0) is 4.74 Å². The third-order valence-corrected chi connectivity index (χ3v) is 3.47. The van der Waals surface area contributed by atoms with Gasteiger partial charge in [-0.25, -0.2) is 4.39 Å². The van der Waals surface area contributed by atoms with Gasteiger partial charge in [-0.1, -0.05) is 11.6 Å². The number of nitrogens with zero attached hydrogens (tertiary/aromatic N) is 4. The third kappa shape index (κ3) is 3.23. The van der Waals surface area contributed by atoms with Crippen LogP contribution in [0.15, 0.2) is 18.2 Å². The molecule has 3 rings (SSSR count). The Balaban J connectivity index is 2.00. The first kappa shape index (κ1) is 14.4. The van der Waals surface area contributed by atoms with Crippen LogP contribution < -0.4 is 4.90 Å². The van der Waals surface area contributed by atoms with Crippen molar-refractivity contribution in [3.05, 3.63) is 34.3 Å². The second-order valence-electron chi connectivity index (χ2n) is 4.45. The average Bonchev–Trinajstić information content (AvgIpc) is 2.47. The Bertz CT molecular complexity index is 665. The van der Waals surface area contributed by atoms with Gasteiger partial charge in [0.25, 0.3) is 0 Å². The van der Waals surface area contributed by atoms with Gasteiger partial charge in [-0.05, 0) is 29.8 Å². The highest BCUT2D eigenvalue weighted by molar-refractivity contribution is 6.30. The zero-order chi connectivity index (χ0) is 14.8. The number of morpholine rings is 1. The van der Waals surface area contributed by atoms with Gasteiger partial charge in [0.15, 0.2) is 5.82 Å². The largest absolute Gasteiger partial charge is 0.378 e. The van der Waals surface area contributed by atoms with Crippen molar-refractivity contribution < 1.29 is 9.13 Å². The third-order valence-electron chi connectivity index (χ3n) is 3.06. The highest BCUT2D eigenvalue weighted by atomic mass is 35.5. The zero-order valence-corrected chi connectivity index (χ0v) is 12.4. The van der Waals surface area contributed by atoms with Crippen LogP contribution in [0.25, 0.3) is 11.4 Å². The van der Waals surface area contributed by atoms with Crippen LogP contribution in [0.1, 0.15) is 0 Å². The standard InChI is InChI=1S/C13H11Cl2FN4O/c14-8-1-2-9(10(16)7-8)11-17-12(15)19-13(18-11)20-3-5-21-6-4-20/h1-2,7H,3-6H2. The Morgan fingerprint density at radius 2 is 1.86 bits per heavy atom. The fourth-order valence-electron chi connectivity index (χ4n) is 2.04. The van der Waals surface area contributed by atoms with Crippen LogP contribution in [0, 0.1) is 5.82 Å². The molecule has 0 radical (unpaired) electrons. The normalized spacial score (nSPS) is 15.3. The van der Waals surface area contributed by atoms with Gasteiger partial charge in [-0.2, -0.15) is 15.0 Å². The van der Waals surface area contributed by atoms with Gasteiger partial charge >= 0.3 is 0 Å². The molecule has 0 unspecified atom stereocenters. The van der Waals surface area contributed by atoms with E-state index in [9.17, 15) is 4.39 Å². The molecule has 0 bridgehead atoms. The molecular formula is C13H11Cl2FN4O. The van der Waals surface area contributed by atoms with E-state index in [4.69, 9.17) is 27.9 Å². The monoisotopic (exact) mass is 328 g/mol. The summed E-state index contributed by atoms with van der Waals surface area (Å²) in [4.78, 5) is 14.3. The molecule has 1 aliphatic heterocycles. The maximum atomic E-state index is 14.0. The molecule has 0 aliphatic carbocycles. The lowest BCUT2D eigenvalue weighted by molar-refractivity contribution is 0.122. The topological polar surface area (TPSA) is 51.1 Å². The van der Waals surface area contributed by atoms with Gasteiger partial charge in [0.1, 0.15) is 5.82 Å². The van der Waals surface area contributed by atoms with Crippen LogP contribution >= 0.6 is 23.2 Å². The molecule has 5 nitrogen and oxygen atoms in total. The fourth-order valence-corrected chi connectivity index (χ4v) is 2.35. The van der Waals surface area contributed by atoms with E-state index in [0.29, 0.717) is 37.3 Å². The van der Waals surface area contributed by atoms with E-state index >= 15 is 0 Å². The summed E-state index contributed by atoms with van der Waals surface area (Å²) < 4.78 is 19.3. The van der Waals surface area contributed by atoms with E-state index in [2.05, 4.69) is 15.0 Å². The van der Waals surface area contributed by atoms with E-state index < -0.39 is 5.82 Å². The molecule has 2 aromatic rings. The second-order valence-corrected chi connectivity index (χ2v) is 5.23. The molecule has 1 aromatic heterocycles. The van der Waals surface area contributed by atoms with Gasteiger partial charge < -0.3 is 9.64 Å². The van der Waals surface area contributed by atoms with Crippen molar-refractivity contribution in [2.45, 2.75) is 0 Å². The number of aromatic nitrogens is 3. The number of hydrogen-bond acceptors (Lipinski definition) is 5. The minimum absolute atomic E-state index is 0.0239. The summed E-state index contributed by atoms with van der Waals surface area (Å²) in [6.45, 7) is 2.49. The molecule has 0 N–H and O–H groups in total. The average molecular weight is 329 g/mol. The van der Waals surface area contributed by atoms with Crippen molar-refractivity contribution in [1.29, 1.82) is 0 Å². The van der Waals surface area contributed by atoms with Crippen molar-refractivity contribution >= 4 is 29.2 Å². The lowest BCUT2D eigenvalue weighted by atomic mass is 10.2. The van der Waals surface area contributed by atoms with Crippen molar-refractivity contribution in [2.75, 3.05) is 31.2 Å². The molecule has 1 saturated heterocycles. The van der Waals surface area contributed by atoms with Crippen molar-refractivity contribution in [3.8, 4) is 11.4 Å². The molecule has 1 fully saturated rings. The smallest absolute Gasteiger partial charge is 0.230 e. The first-order chi connectivity index (χ1) is 10.1. The van der Waals surface area contributed by atoms with Crippen LogP contribution in [0.5, 0.6) is 0 Å². The number of ether oxygens (including phenoxy) is 1. The van der Waals surface area contributed by atoms with Crippen LogP contribution in [0.4, 0.5) is 10.3 Å². The molecule has 0 amide bonds. The summed E-state index contributed by atoms with van der Waals surface area (Å²) in [5, 5.41) is 0.334. The summed E-state index contributed by atoms with van der Waals surface area (Å²) in [6, 6.07) is 4.31. The first-order valence-electron chi connectivity index (χ1n) is 6.33. The highest BCUT2D eigenvalue weighted by Gasteiger charge is 2.18. The minimum atomic E-state index is -0.502. The number of benzene rings is 1. The Morgan fingerprint density at radius 1 is 1.10 bits per heavy atom. The highest BCUT2D eigenvalue weighted by Crippen LogP contribution is 2.25. The van der Waals surface area contributed by atoms with E-state index in [1.807, 2.05) is 4.90 Å². The SMILES string of the molecule is Fc1cc(Cl)ccc1-c1nc(Cl)nc(N2CCOCC2)n1. The quantitative estimate of drug-likeness (QED) is 0.848. The minimum Gasteiger partial charge on any atom is -0.378 e. The maximum absolute atomic E-state index is 14.0. The molecule has 8 heteroatoms. The summed E-state index contributed by atoms with van der Waals surface area (Å²) in [6.07, 6.45) is 0. The Labute approximate surface area is 130 Å². The van der Waals surface area contributed by atoms with Gasteiger partial charge in [0, 0.05) is 18.1 Å². The first-order valence-corrected chi connectivity index (χ1v) is 7.09. The van der Waals surface area contributed by atoms with Crippen molar-refractivity contribution in [1.82, 2.24) is 15.0 Å². The van der Waals surface area contributed by atoms with Crippen LogP contribution in [0.2, 0.25) is 10.3 Å². The molecule has 1 aliphatic rings. The zero-order valence-electron chi connectivity index (χ0n) is 10.9. The van der Waals surface area contributed by atoms with Gasteiger partial charge in [-0.15, -0.1) is 0 Å². The summed E-state index contributed by atoms with van der Waals surface area (Å²) in [5.74, 6) is 0.103. The Morgan fingerprint density at radius 3 is 2.57 bits per heavy atom. The molecule has 1 aromatic carbocycles. The molecule has 0 saturated carbocycles. The van der Waals surface area contributed by atoms with Crippen molar-refractivity contribution in [2.24, 2.45) is 0 Å². The lowest BCUT2D eigenvalue weighted by Gasteiger charge is -2.26. The number of halogens is 3. The molecule has 2 heterocycles.